The van der Waals surface area contributed by atoms with E-state index in [9.17, 15) is 9.18 Å². The van der Waals surface area contributed by atoms with Crippen LogP contribution in [0.2, 0.25) is 0 Å². The lowest BCUT2D eigenvalue weighted by molar-refractivity contribution is 0.0692. The van der Waals surface area contributed by atoms with Crippen molar-refractivity contribution >= 4 is 23.5 Å². The monoisotopic (exact) mass is 258 g/mol. The third-order valence-electron chi connectivity index (χ3n) is 2.32. The molecule has 1 heterocycles. The van der Waals surface area contributed by atoms with Crippen LogP contribution in [-0.4, -0.2) is 34.1 Å². The number of halogens is 1. The molecule has 0 aliphatic carbocycles. The quantitative estimate of drug-likeness (QED) is 0.820. The van der Waals surface area contributed by atoms with E-state index in [-0.39, 0.29) is 17.4 Å². The summed E-state index contributed by atoms with van der Waals surface area (Å²) in [5.74, 6) is -1.27. The van der Waals surface area contributed by atoms with Crippen LogP contribution in [0, 0.1) is 5.82 Å². The van der Waals surface area contributed by atoms with Crippen LogP contribution in [0.5, 0.6) is 0 Å². The molecule has 94 valence electrons. The zero-order chi connectivity index (χ0) is 12.8. The van der Waals surface area contributed by atoms with E-state index in [2.05, 4.69) is 10.3 Å². The number of carbonyl (C=O) groups is 1. The highest BCUT2D eigenvalue weighted by Crippen LogP contribution is 2.17. The first-order chi connectivity index (χ1) is 8.10. The Balaban J connectivity index is 2.91. The number of aromatic nitrogens is 1. The summed E-state index contributed by atoms with van der Waals surface area (Å²) in [6.07, 6.45) is 4.07. The van der Waals surface area contributed by atoms with Crippen molar-refractivity contribution in [3.63, 3.8) is 0 Å². The smallest absolute Gasteiger partial charge is 0.338 e. The van der Waals surface area contributed by atoms with Gasteiger partial charge in [-0.3, -0.25) is 0 Å². The number of anilines is 1. The molecular weight excluding hydrogens is 243 g/mol. The SMILES string of the molecule is CCC(CSC)Nc1nccc(C(=O)O)c1F. The molecule has 4 nitrogen and oxygen atoms in total. The van der Waals surface area contributed by atoms with Crippen LogP contribution in [0.15, 0.2) is 12.3 Å². The Morgan fingerprint density at radius 2 is 2.41 bits per heavy atom. The van der Waals surface area contributed by atoms with Crippen LogP contribution >= 0.6 is 11.8 Å². The standard InChI is InChI=1S/C11H15FN2O2S/c1-3-7(6-17-2)14-10-9(12)8(11(15)16)4-5-13-10/h4-5,7H,3,6H2,1-2H3,(H,13,14)(H,15,16). The van der Waals surface area contributed by atoms with Crippen LogP contribution < -0.4 is 5.32 Å². The first-order valence-electron chi connectivity index (χ1n) is 5.23. The van der Waals surface area contributed by atoms with Gasteiger partial charge in [-0.1, -0.05) is 6.92 Å². The van der Waals surface area contributed by atoms with Gasteiger partial charge in [-0.2, -0.15) is 11.8 Å². The van der Waals surface area contributed by atoms with Gasteiger partial charge in [-0.15, -0.1) is 0 Å². The van der Waals surface area contributed by atoms with E-state index in [1.807, 2.05) is 13.2 Å². The highest BCUT2D eigenvalue weighted by atomic mass is 32.2. The molecule has 0 fully saturated rings. The minimum Gasteiger partial charge on any atom is -0.478 e. The van der Waals surface area contributed by atoms with Gasteiger partial charge in [0.05, 0.1) is 0 Å². The molecule has 1 aromatic heterocycles. The summed E-state index contributed by atoms with van der Waals surface area (Å²) in [6.45, 7) is 1.98. The van der Waals surface area contributed by atoms with Crippen molar-refractivity contribution in [2.24, 2.45) is 0 Å². The zero-order valence-electron chi connectivity index (χ0n) is 9.74. The summed E-state index contributed by atoms with van der Waals surface area (Å²) in [7, 11) is 0. The zero-order valence-corrected chi connectivity index (χ0v) is 10.6. The maximum absolute atomic E-state index is 13.7. The summed E-state index contributed by atoms with van der Waals surface area (Å²) in [5, 5.41) is 11.7. The number of rotatable bonds is 6. The van der Waals surface area contributed by atoms with Gasteiger partial charge >= 0.3 is 5.97 Å². The lowest BCUT2D eigenvalue weighted by Crippen LogP contribution is -2.23. The number of aromatic carboxylic acids is 1. The molecule has 2 N–H and O–H groups in total. The largest absolute Gasteiger partial charge is 0.478 e. The van der Waals surface area contributed by atoms with Crippen molar-refractivity contribution in [1.82, 2.24) is 4.98 Å². The Morgan fingerprint density at radius 1 is 1.71 bits per heavy atom. The van der Waals surface area contributed by atoms with Gasteiger partial charge in [0.2, 0.25) is 0 Å². The third-order valence-corrected chi connectivity index (χ3v) is 3.06. The molecule has 6 heteroatoms. The molecule has 0 aliphatic rings. The number of carboxylic acids is 1. The molecule has 1 aromatic rings. The second-order valence-electron chi connectivity index (χ2n) is 3.53. The molecule has 1 unspecified atom stereocenters. The van der Waals surface area contributed by atoms with Crippen LogP contribution in [-0.2, 0) is 0 Å². The Morgan fingerprint density at radius 3 is 2.94 bits per heavy atom. The molecule has 0 saturated carbocycles. The fourth-order valence-electron chi connectivity index (χ4n) is 1.37. The van der Waals surface area contributed by atoms with E-state index < -0.39 is 11.8 Å². The van der Waals surface area contributed by atoms with Gasteiger partial charge in [0.25, 0.3) is 0 Å². The van der Waals surface area contributed by atoms with E-state index >= 15 is 0 Å². The highest BCUT2D eigenvalue weighted by Gasteiger charge is 2.16. The Bertz CT molecular complexity index is 401. The lowest BCUT2D eigenvalue weighted by Gasteiger charge is -2.17. The molecule has 0 amide bonds. The maximum Gasteiger partial charge on any atom is 0.338 e. The van der Waals surface area contributed by atoms with E-state index in [1.165, 1.54) is 6.20 Å². The summed E-state index contributed by atoms with van der Waals surface area (Å²) >= 11 is 1.64. The highest BCUT2D eigenvalue weighted by molar-refractivity contribution is 7.98. The second kappa shape index (κ2) is 6.44. The van der Waals surface area contributed by atoms with Crippen LogP contribution in [0.3, 0.4) is 0 Å². The van der Waals surface area contributed by atoms with Crippen molar-refractivity contribution in [1.29, 1.82) is 0 Å². The summed E-state index contributed by atoms with van der Waals surface area (Å²) < 4.78 is 13.7. The number of thioether (sulfide) groups is 1. The number of nitrogens with zero attached hydrogens (tertiary/aromatic N) is 1. The average molecular weight is 258 g/mol. The Kier molecular flexibility index (Phi) is 5.21. The van der Waals surface area contributed by atoms with E-state index in [1.54, 1.807) is 11.8 Å². The molecule has 0 bridgehead atoms. The molecule has 0 aromatic carbocycles. The fourth-order valence-corrected chi connectivity index (χ4v) is 2.09. The first kappa shape index (κ1) is 13.8. The number of carboxylic acid groups (broad SMARTS) is 1. The Hall–Kier alpha value is -1.30. The topological polar surface area (TPSA) is 62.2 Å². The van der Waals surface area contributed by atoms with E-state index in [4.69, 9.17) is 5.11 Å². The van der Waals surface area contributed by atoms with Crippen molar-refractivity contribution < 1.29 is 14.3 Å². The normalized spacial score (nSPS) is 12.2. The summed E-state index contributed by atoms with van der Waals surface area (Å²) in [6, 6.07) is 1.23. The average Bonchev–Trinajstić information content (AvgIpc) is 2.30. The molecular formula is C11H15FN2O2S. The number of nitrogens with one attached hydrogen (secondary N) is 1. The number of hydrogen-bond donors (Lipinski definition) is 2. The number of pyridine rings is 1. The predicted octanol–water partition coefficient (Wildman–Crippen LogP) is 2.47. The minimum absolute atomic E-state index is 0.00537. The second-order valence-corrected chi connectivity index (χ2v) is 4.44. The van der Waals surface area contributed by atoms with Crippen molar-refractivity contribution in [2.45, 2.75) is 19.4 Å². The first-order valence-corrected chi connectivity index (χ1v) is 6.62. The van der Waals surface area contributed by atoms with E-state index in [0.29, 0.717) is 0 Å². The van der Waals surface area contributed by atoms with Gasteiger partial charge in [0.15, 0.2) is 11.6 Å². The van der Waals surface area contributed by atoms with Crippen molar-refractivity contribution in [3.8, 4) is 0 Å². The molecule has 17 heavy (non-hydrogen) atoms. The molecule has 0 saturated heterocycles. The van der Waals surface area contributed by atoms with Gasteiger partial charge in [-0.25, -0.2) is 14.2 Å². The van der Waals surface area contributed by atoms with Gasteiger partial charge in [0, 0.05) is 18.0 Å². The fraction of sp³-hybridized carbons (Fsp3) is 0.455. The van der Waals surface area contributed by atoms with Crippen LogP contribution in [0.25, 0.3) is 0 Å². The molecule has 0 radical (unpaired) electrons. The van der Waals surface area contributed by atoms with Crippen LogP contribution in [0.1, 0.15) is 23.7 Å². The van der Waals surface area contributed by atoms with E-state index in [0.717, 1.165) is 18.2 Å². The molecule has 1 rings (SSSR count). The van der Waals surface area contributed by atoms with Gasteiger partial charge in [0.1, 0.15) is 5.56 Å². The van der Waals surface area contributed by atoms with Crippen molar-refractivity contribution in [3.05, 3.63) is 23.6 Å². The molecule has 1 atom stereocenters. The predicted molar refractivity (Wildman–Crippen MR) is 67.2 cm³/mol. The summed E-state index contributed by atoms with van der Waals surface area (Å²) in [5.41, 5.74) is -0.360. The maximum atomic E-state index is 13.7. The lowest BCUT2D eigenvalue weighted by atomic mass is 10.2. The third kappa shape index (κ3) is 3.59. The van der Waals surface area contributed by atoms with Gasteiger partial charge < -0.3 is 10.4 Å². The molecule has 0 aliphatic heterocycles. The number of hydrogen-bond acceptors (Lipinski definition) is 4. The van der Waals surface area contributed by atoms with Crippen LogP contribution in [0.4, 0.5) is 10.2 Å². The van der Waals surface area contributed by atoms with Gasteiger partial charge in [-0.05, 0) is 18.7 Å². The summed E-state index contributed by atoms with van der Waals surface area (Å²) in [4.78, 5) is 14.6. The van der Waals surface area contributed by atoms with Crippen molar-refractivity contribution in [2.75, 3.05) is 17.3 Å². The minimum atomic E-state index is -1.29. The molecule has 0 spiro atoms. The Labute approximate surface area is 104 Å².